The van der Waals surface area contributed by atoms with Gasteiger partial charge in [0.15, 0.2) is 0 Å². The van der Waals surface area contributed by atoms with Gasteiger partial charge in [0, 0.05) is 5.57 Å². The molecule has 1 aromatic rings. The standard InChI is InChI=1S/C15H20O2/c1-11(15(3,4)5)14(16)17-12(2)13-9-7-6-8-10-13/h6-10,12H,1H2,2-5H3. The van der Waals surface area contributed by atoms with E-state index in [1.165, 1.54) is 0 Å². The van der Waals surface area contributed by atoms with E-state index in [1.807, 2.05) is 58.0 Å². The molecule has 0 saturated heterocycles. The molecule has 0 aliphatic heterocycles. The minimum absolute atomic E-state index is 0.247. The summed E-state index contributed by atoms with van der Waals surface area (Å²) in [7, 11) is 0. The average molecular weight is 232 g/mol. The van der Waals surface area contributed by atoms with Gasteiger partial charge in [-0.2, -0.15) is 0 Å². The van der Waals surface area contributed by atoms with Crippen molar-refractivity contribution in [3.8, 4) is 0 Å². The number of carbonyl (C=O) groups is 1. The van der Waals surface area contributed by atoms with Gasteiger partial charge in [-0.05, 0) is 17.9 Å². The molecule has 0 fully saturated rings. The maximum absolute atomic E-state index is 11.9. The Kier molecular flexibility index (Phi) is 4.11. The van der Waals surface area contributed by atoms with Crippen LogP contribution in [0.25, 0.3) is 0 Å². The Balaban J connectivity index is 2.68. The maximum Gasteiger partial charge on any atom is 0.334 e. The number of benzene rings is 1. The van der Waals surface area contributed by atoms with Crippen LogP contribution in [-0.2, 0) is 9.53 Å². The largest absolute Gasteiger partial charge is 0.454 e. The first-order valence-corrected chi connectivity index (χ1v) is 5.77. The quantitative estimate of drug-likeness (QED) is 0.583. The first-order valence-electron chi connectivity index (χ1n) is 5.77. The van der Waals surface area contributed by atoms with Crippen LogP contribution in [0.5, 0.6) is 0 Å². The Labute approximate surface area is 103 Å². The molecule has 0 spiro atoms. The SMILES string of the molecule is C=C(C(=O)OC(C)c1ccccc1)C(C)(C)C. The van der Waals surface area contributed by atoms with Crippen LogP contribution < -0.4 is 0 Å². The Morgan fingerprint density at radius 2 is 1.76 bits per heavy atom. The smallest absolute Gasteiger partial charge is 0.334 e. The minimum atomic E-state index is -0.325. The normalized spacial score (nSPS) is 12.9. The molecule has 1 atom stereocenters. The lowest BCUT2D eigenvalue weighted by atomic mass is 9.88. The van der Waals surface area contributed by atoms with Gasteiger partial charge in [0.1, 0.15) is 6.10 Å². The molecule has 2 nitrogen and oxygen atoms in total. The Morgan fingerprint density at radius 3 is 2.24 bits per heavy atom. The van der Waals surface area contributed by atoms with Gasteiger partial charge in [-0.1, -0.05) is 57.7 Å². The second-order valence-electron chi connectivity index (χ2n) is 5.19. The summed E-state index contributed by atoms with van der Waals surface area (Å²) in [6.45, 7) is 11.5. The first kappa shape index (κ1) is 13.5. The first-order chi connectivity index (χ1) is 7.82. The third-order valence-electron chi connectivity index (χ3n) is 2.70. The van der Waals surface area contributed by atoms with Crippen molar-refractivity contribution in [2.24, 2.45) is 5.41 Å². The monoisotopic (exact) mass is 232 g/mol. The van der Waals surface area contributed by atoms with Crippen molar-refractivity contribution in [1.29, 1.82) is 0 Å². The number of esters is 1. The van der Waals surface area contributed by atoms with Gasteiger partial charge in [0.2, 0.25) is 0 Å². The molecule has 2 heteroatoms. The minimum Gasteiger partial charge on any atom is -0.454 e. The van der Waals surface area contributed by atoms with Crippen LogP contribution in [0.3, 0.4) is 0 Å². The topological polar surface area (TPSA) is 26.3 Å². The molecule has 0 aliphatic rings. The Morgan fingerprint density at radius 1 is 1.24 bits per heavy atom. The van der Waals surface area contributed by atoms with E-state index in [0.717, 1.165) is 5.56 Å². The van der Waals surface area contributed by atoms with E-state index in [9.17, 15) is 4.79 Å². The predicted octanol–water partition coefficient (Wildman–Crippen LogP) is 3.89. The highest BCUT2D eigenvalue weighted by molar-refractivity contribution is 5.89. The summed E-state index contributed by atoms with van der Waals surface area (Å²) in [5, 5.41) is 0. The van der Waals surface area contributed by atoms with E-state index in [1.54, 1.807) is 0 Å². The molecule has 0 bridgehead atoms. The zero-order valence-electron chi connectivity index (χ0n) is 11.0. The average Bonchev–Trinajstić information content (AvgIpc) is 2.27. The van der Waals surface area contributed by atoms with E-state index in [-0.39, 0.29) is 17.5 Å². The molecule has 0 radical (unpaired) electrons. The third-order valence-corrected chi connectivity index (χ3v) is 2.70. The zero-order valence-corrected chi connectivity index (χ0v) is 11.0. The van der Waals surface area contributed by atoms with Crippen LogP contribution >= 0.6 is 0 Å². The van der Waals surface area contributed by atoms with Crippen LogP contribution in [-0.4, -0.2) is 5.97 Å². The van der Waals surface area contributed by atoms with Gasteiger partial charge in [-0.15, -0.1) is 0 Å². The van der Waals surface area contributed by atoms with Crippen LogP contribution in [0.4, 0.5) is 0 Å². The summed E-state index contributed by atoms with van der Waals surface area (Å²) in [4.78, 5) is 11.9. The predicted molar refractivity (Wildman–Crippen MR) is 69.5 cm³/mol. The molecule has 1 rings (SSSR count). The summed E-state index contributed by atoms with van der Waals surface area (Å²) in [5.74, 6) is -0.325. The lowest BCUT2D eigenvalue weighted by Gasteiger charge is -2.22. The molecular weight excluding hydrogens is 212 g/mol. The zero-order chi connectivity index (χ0) is 13.1. The van der Waals surface area contributed by atoms with Gasteiger partial charge in [-0.25, -0.2) is 4.79 Å². The summed E-state index contributed by atoms with van der Waals surface area (Å²) >= 11 is 0. The fourth-order valence-electron chi connectivity index (χ4n) is 1.33. The van der Waals surface area contributed by atoms with Crippen LogP contribution in [0, 0.1) is 5.41 Å². The fraction of sp³-hybridized carbons (Fsp3) is 0.400. The maximum atomic E-state index is 11.9. The number of hydrogen-bond acceptors (Lipinski definition) is 2. The van der Waals surface area contributed by atoms with Crippen LogP contribution in [0.1, 0.15) is 39.4 Å². The molecule has 1 unspecified atom stereocenters. The molecule has 0 amide bonds. The van der Waals surface area contributed by atoms with Crippen LogP contribution in [0.2, 0.25) is 0 Å². The molecular formula is C15H20O2. The van der Waals surface area contributed by atoms with Gasteiger partial charge in [0.25, 0.3) is 0 Å². The molecule has 0 saturated carbocycles. The number of ether oxygens (including phenoxy) is 1. The van der Waals surface area contributed by atoms with Crippen molar-refractivity contribution in [2.45, 2.75) is 33.8 Å². The second kappa shape index (κ2) is 5.17. The highest BCUT2D eigenvalue weighted by Crippen LogP contribution is 2.26. The Bertz CT molecular complexity index is 399. The molecule has 17 heavy (non-hydrogen) atoms. The summed E-state index contributed by atoms with van der Waals surface area (Å²) in [5.41, 5.74) is 1.23. The third kappa shape index (κ3) is 3.74. The fourth-order valence-corrected chi connectivity index (χ4v) is 1.33. The number of rotatable bonds is 3. The summed E-state index contributed by atoms with van der Waals surface area (Å²) in [6, 6.07) is 9.68. The number of carbonyl (C=O) groups excluding carboxylic acids is 1. The van der Waals surface area contributed by atoms with Crippen molar-refractivity contribution in [3.63, 3.8) is 0 Å². The highest BCUT2D eigenvalue weighted by Gasteiger charge is 2.24. The van der Waals surface area contributed by atoms with Crippen molar-refractivity contribution in [1.82, 2.24) is 0 Å². The van der Waals surface area contributed by atoms with Crippen LogP contribution in [0.15, 0.2) is 42.5 Å². The van der Waals surface area contributed by atoms with Gasteiger partial charge >= 0.3 is 5.97 Å². The van der Waals surface area contributed by atoms with E-state index >= 15 is 0 Å². The molecule has 0 N–H and O–H groups in total. The Hall–Kier alpha value is -1.57. The molecule has 92 valence electrons. The molecule has 1 aromatic carbocycles. The van der Waals surface area contributed by atoms with Crippen molar-refractivity contribution >= 4 is 5.97 Å². The lowest BCUT2D eigenvalue weighted by Crippen LogP contribution is -2.20. The molecule has 0 heterocycles. The van der Waals surface area contributed by atoms with Crippen molar-refractivity contribution in [2.75, 3.05) is 0 Å². The van der Waals surface area contributed by atoms with Crippen molar-refractivity contribution < 1.29 is 9.53 Å². The summed E-state index contributed by atoms with van der Waals surface area (Å²) < 4.78 is 5.39. The van der Waals surface area contributed by atoms with Gasteiger partial charge in [-0.3, -0.25) is 0 Å². The van der Waals surface area contributed by atoms with E-state index < -0.39 is 0 Å². The summed E-state index contributed by atoms with van der Waals surface area (Å²) in [6.07, 6.45) is -0.247. The van der Waals surface area contributed by atoms with Gasteiger partial charge in [0.05, 0.1) is 0 Å². The second-order valence-corrected chi connectivity index (χ2v) is 5.19. The lowest BCUT2D eigenvalue weighted by molar-refractivity contribution is -0.144. The van der Waals surface area contributed by atoms with E-state index in [0.29, 0.717) is 5.57 Å². The molecule has 0 aliphatic carbocycles. The molecule has 0 aromatic heterocycles. The van der Waals surface area contributed by atoms with Gasteiger partial charge < -0.3 is 4.74 Å². The van der Waals surface area contributed by atoms with E-state index in [2.05, 4.69) is 6.58 Å². The highest BCUT2D eigenvalue weighted by atomic mass is 16.5. The van der Waals surface area contributed by atoms with E-state index in [4.69, 9.17) is 4.74 Å². The number of hydrogen-bond donors (Lipinski definition) is 0. The van der Waals surface area contributed by atoms with Crippen molar-refractivity contribution in [3.05, 3.63) is 48.0 Å².